The topological polar surface area (TPSA) is 162 Å². The first-order valence-electron chi connectivity index (χ1n) is 5.67. The summed E-state index contributed by atoms with van der Waals surface area (Å²) in [6.45, 7) is -0.774. The molecule has 0 saturated carbocycles. The quantitative estimate of drug-likeness (QED) is 0.384. The number of rotatable bonds is 3. The van der Waals surface area contributed by atoms with Crippen molar-refractivity contribution in [3.05, 3.63) is 32.9 Å². The van der Waals surface area contributed by atoms with Crippen molar-refractivity contribution in [2.45, 2.75) is 24.1 Å². The second kappa shape index (κ2) is 5.13. The van der Waals surface area contributed by atoms with Gasteiger partial charge in [-0.2, -0.15) is 4.39 Å². The number of hydrogen-bond acceptors (Lipinski definition) is 6. The Morgan fingerprint density at radius 1 is 1.52 bits per heavy atom. The Labute approximate surface area is 115 Å². The molecule has 12 heteroatoms. The third kappa shape index (κ3) is 2.48. The fraction of sp³-hybridized carbons (Fsp3) is 0.556. The van der Waals surface area contributed by atoms with Crippen LogP contribution in [0.15, 0.2) is 15.8 Å². The largest absolute Gasteiger partial charge is 0.394 e. The molecule has 2 heterocycles. The summed E-state index contributed by atoms with van der Waals surface area (Å²) in [5.74, 6) is -1.46. The number of nitrogens with zero attached hydrogens (tertiary/aromatic N) is 1. The highest BCUT2D eigenvalue weighted by atomic mass is 31.2. The highest BCUT2D eigenvalue weighted by molar-refractivity contribution is 7.52. The zero-order valence-electron chi connectivity index (χ0n) is 10.3. The summed E-state index contributed by atoms with van der Waals surface area (Å²) in [5, 5.41) is 18.6. The van der Waals surface area contributed by atoms with Gasteiger partial charge in [0.05, 0.1) is 18.9 Å². The van der Waals surface area contributed by atoms with Crippen molar-refractivity contribution >= 4 is 7.60 Å². The third-order valence-electron chi connectivity index (χ3n) is 3.15. The number of halogens is 1. The molecular weight excluding hydrogens is 314 g/mol. The predicted octanol–water partition coefficient (Wildman–Crippen LogP) is -2.39. The van der Waals surface area contributed by atoms with Gasteiger partial charge in [0.15, 0.2) is 0 Å². The van der Waals surface area contributed by atoms with Crippen LogP contribution < -0.4 is 11.2 Å². The Hall–Kier alpha value is -1.36. The summed E-state index contributed by atoms with van der Waals surface area (Å²) < 4.78 is 30.2. The van der Waals surface area contributed by atoms with Crippen LogP contribution in [0.5, 0.6) is 0 Å². The van der Waals surface area contributed by atoms with E-state index in [-0.39, 0.29) is 10.8 Å². The average molecular weight is 326 g/mol. The maximum absolute atomic E-state index is 13.3. The number of aliphatic hydroxyl groups is 2. The molecule has 5 N–H and O–H groups in total. The molecule has 10 nitrogen and oxygen atoms in total. The van der Waals surface area contributed by atoms with Crippen LogP contribution in [-0.2, 0) is 14.8 Å². The molecule has 1 fully saturated rings. The summed E-state index contributed by atoms with van der Waals surface area (Å²) >= 11 is 0. The lowest BCUT2D eigenvalue weighted by molar-refractivity contribution is -0.0812. The average Bonchev–Trinajstić information content (AvgIpc) is 2.71. The van der Waals surface area contributed by atoms with E-state index in [1.807, 2.05) is 0 Å². The fourth-order valence-corrected chi connectivity index (χ4v) is 3.25. The number of hydrogen-bond donors (Lipinski definition) is 5. The van der Waals surface area contributed by atoms with Gasteiger partial charge in [-0.25, -0.2) is 4.79 Å². The molecule has 118 valence electrons. The number of aromatic nitrogens is 2. The van der Waals surface area contributed by atoms with E-state index in [1.54, 1.807) is 0 Å². The lowest BCUT2D eigenvalue weighted by Crippen LogP contribution is -2.45. The van der Waals surface area contributed by atoms with E-state index in [1.165, 1.54) is 4.98 Å². The van der Waals surface area contributed by atoms with Crippen LogP contribution in [-0.4, -0.2) is 48.4 Å². The number of aromatic amines is 1. The molecule has 0 radical (unpaired) electrons. The first kappa shape index (κ1) is 16.0. The maximum Gasteiger partial charge on any atom is 0.378 e. The van der Waals surface area contributed by atoms with Crippen molar-refractivity contribution in [3.8, 4) is 0 Å². The Morgan fingerprint density at radius 3 is 2.62 bits per heavy atom. The molecule has 1 aliphatic rings. The SMILES string of the molecule is O=c1[nH]c(=O)n([C@@]2(P(=O)(O)O)C[C@H](O)[C@@H](CO)O2)cc1F. The van der Waals surface area contributed by atoms with Crippen LogP contribution in [0.25, 0.3) is 0 Å². The second-order valence-electron chi connectivity index (χ2n) is 4.50. The van der Waals surface area contributed by atoms with E-state index in [0.29, 0.717) is 0 Å². The van der Waals surface area contributed by atoms with Crippen LogP contribution in [0, 0.1) is 5.82 Å². The van der Waals surface area contributed by atoms with Crippen molar-refractivity contribution < 1.29 is 33.7 Å². The second-order valence-corrected chi connectivity index (χ2v) is 6.29. The van der Waals surface area contributed by atoms with Gasteiger partial charge in [-0.15, -0.1) is 0 Å². The molecule has 1 saturated heterocycles. The lowest BCUT2D eigenvalue weighted by atomic mass is 10.2. The van der Waals surface area contributed by atoms with Crippen molar-refractivity contribution in [2.75, 3.05) is 6.61 Å². The molecule has 0 bridgehead atoms. The zero-order chi connectivity index (χ0) is 16.0. The van der Waals surface area contributed by atoms with Gasteiger partial charge in [0.1, 0.15) is 6.10 Å². The number of H-pyrrole nitrogens is 1. The van der Waals surface area contributed by atoms with Gasteiger partial charge < -0.3 is 24.7 Å². The summed E-state index contributed by atoms with van der Waals surface area (Å²) in [4.78, 5) is 43.1. The monoisotopic (exact) mass is 326 g/mol. The van der Waals surface area contributed by atoms with Gasteiger partial charge in [0, 0.05) is 6.42 Å². The van der Waals surface area contributed by atoms with E-state index in [9.17, 15) is 33.4 Å². The van der Waals surface area contributed by atoms with Crippen LogP contribution in [0.1, 0.15) is 6.42 Å². The Balaban J connectivity index is 2.70. The summed E-state index contributed by atoms with van der Waals surface area (Å²) in [7, 11) is -5.24. The standard InChI is InChI=1S/C9H12FN2O8P/c10-4-2-12(8(16)11-7(4)15)9(21(17,18)19)1-5(14)6(3-13)20-9/h2,5-6,13-14H,1,3H2,(H,11,15,16)(H2,17,18,19)/t5-,6+,9-/m0/s1. The molecule has 1 aromatic rings. The molecular formula is C9H12FN2O8P. The number of ether oxygens (including phenoxy) is 1. The number of nitrogens with one attached hydrogen (secondary N) is 1. The Morgan fingerprint density at radius 2 is 2.14 bits per heavy atom. The first-order chi connectivity index (χ1) is 9.62. The van der Waals surface area contributed by atoms with Gasteiger partial charge in [0.25, 0.3) is 11.0 Å². The van der Waals surface area contributed by atoms with E-state index in [2.05, 4.69) is 0 Å². The lowest BCUT2D eigenvalue weighted by Gasteiger charge is -2.31. The minimum absolute atomic E-state index is 0.184. The first-order valence-corrected chi connectivity index (χ1v) is 7.28. The molecule has 3 atom stereocenters. The van der Waals surface area contributed by atoms with Crippen LogP contribution >= 0.6 is 7.60 Å². The Bertz CT molecular complexity index is 710. The molecule has 0 aromatic carbocycles. The summed E-state index contributed by atoms with van der Waals surface area (Å²) in [6.07, 6.45) is -3.36. The normalized spacial score (nSPS) is 29.8. The fourth-order valence-electron chi connectivity index (χ4n) is 2.12. The van der Waals surface area contributed by atoms with Gasteiger partial charge in [-0.05, 0) is 0 Å². The van der Waals surface area contributed by atoms with Gasteiger partial charge >= 0.3 is 13.3 Å². The van der Waals surface area contributed by atoms with Crippen molar-refractivity contribution in [1.82, 2.24) is 9.55 Å². The molecule has 0 spiro atoms. The van der Waals surface area contributed by atoms with Gasteiger partial charge in [-0.1, -0.05) is 0 Å². The van der Waals surface area contributed by atoms with E-state index in [0.717, 1.165) is 0 Å². The van der Waals surface area contributed by atoms with Gasteiger partial charge in [-0.3, -0.25) is 18.9 Å². The number of aliphatic hydroxyl groups excluding tert-OH is 2. The minimum Gasteiger partial charge on any atom is -0.394 e. The van der Waals surface area contributed by atoms with E-state index in [4.69, 9.17) is 9.84 Å². The minimum atomic E-state index is -5.24. The third-order valence-corrected chi connectivity index (χ3v) is 4.57. The zero-order valence-corrected chi connectivity index (χ0v) is 11.2. The molecule has 1 aromatic heterocycles. The van der Waals surface area contributed by atoms with Crippen molar-refractivity contribution in [2.24, 2.45) is 0 Å². The molecule has 2 rings (SSSR count). The molecule has 0 amide bonds. The summed E-state index contributed by atoms with van der Waals surface area (Å²) in [5.41, 5.74) is -5.40. The molecule has 21 heavy (non-hydrogen) atoms. The predicted molar refractivity (Wildman–Crippen MR) is 63.9 cm³/mol. The van der Waals surface area contributed by atoms with Crippen molar-refractivity contribution in [1.29, 1.82) is 0 Å². The van der Waals surface area contributed by atoms with Crippen LogP contribution in [0.4, 0.5) is 4.39 Å². The highest BCUT2D eigenvalue weighted by Crippen LogP contribution is 2.60. The maximum atomic E-state index is 13.3. The van der Waals surface area contributed by atoms with Crippen LogP contribution in [0.3, 0.4) is 0 Å². The molecule has 1 aliphatic heterocycles. The smallest absolute Gasteiger partial charge is 0.378 e. The Kier molecular flexibility index (Phi) is 3.91. The highest BCUT2D eigenvalue weighted by Gasteiger charge is 2.59. The molecule has 0 unspecified atom stereocenters. The van der Waals surface area contributed by atoms with Crippen LogP contribution in [0.2, 0.25) is 0 Å². The van der Waals surface area contributed by atoms with Gasteiger partial charge in [0.2, 0.25) is 5.82 Å². The van der Waals surface area contributed by atoms with E-state index >= 15 is 0 Å². The van der Waals surface area contributed by atoms with Crippen molar-refractivity contribution in [3.63, 3.8) is 0 Å². The van der Waals surface area contributed by atoms with E-state index < -0.39 is 55.4 Å². The summed E-state index contributed by atoms with van der Waals surface area (Å²) in [6, 6.07) is 0. The molecule has 0 aliphatic carbocycles.